The summed E-state index contributed by atoms with van der Waals surface area (Å²) in [5.74, 6) is -0.124. The molecule has 20 heavy (non-hydrogen) atoms. The molecule has 1 unspecified atom stereocenters. The summed E-state index contributed by atoms with van der Waals surface area (Å²) in [7, 11) is -3.46. The van der Waals surface area contributed by atoms with Crippen LogP contribution in [0.3, 0.4) is 0 Å². The first-order valence-corrected chi connectivity index (χ1v) is 7.59. The van der Waals surface area contributed by atoms with Gasteiger partial charge in [-0.3, -0.25) is 10.1 Å². The topological polar surface area (TPSA) is 113 Å². The van der Waals surface area contributed by atoms with Crippen LogP contribution < -0.4 is 4.72 Å². The standard InChI is InChI=1S/C12H15N3O4S/c1-10(6-8-13)14-20(18,19)9-7-11-2-4-12(5-3-11)15(16)17/h2-5,10,14H,6-7,9H2,1H3. The van der Waals surface area contributed by atoms with Gasteiger partial charge in [-0.2, -0.15) is 5.26 Å². The van der Waals surface area contributed by atoms with Gasteiger partial charge in [0, 0.05) is 18.2 Å². The van der Waals surface area contributed by atoms with Crippen LogP contribution in [0.4, 0.5) is 5.69 Å². The van der Waals surface area contributed by atoms with Gasteiger partial charge >= 0.3 is 0 Å². The van der Waals surface area contributed by atoms with E-state index >= 15 is 0 Å². The summed E-state index contributed by atoms with van der Waals surface area (Å²) in [6, 6.07) is 7.21. The van der Waals surface area contributed by atoms with Gasteiger partial charge in [0.15, 0.2) is 0 Å². The number of hydrogen-bond acceptors (Lipinski definition) is 5. The van der Waals surface area contributed by atoms with Crippen LogP contribution in [0.15, 0.2) is 24.3 Å². The fourth-order valence-electron chi connectivity index (χ4n) is 1.58. The first-order chi connectivity index (χ1) is 9.34. The van der Waals surface area contributed by atoms with Crippen LogP contribution in [0.25, 0.3) is 0 Å². The third-order valence-electron chi connectivity index (χ3n) is 2.58. The smallest absolute Gasteiger partial charge is 0.258 e. The van der Waals surface area contributed by atoms with Crippen LogP contribution in [0.5, 0.6) is 0 Å². The Labute approximate surface area is 117 Å². The number of nitro groups is 1. The van der Waals surface area contributed by atoms with Crippen molar-refractivity contribution in [3.8, 4) is 6.07 Å². The van der Waals surface area contributed by atoms with Gasteiger partial charge in [-0.1, -0.05) is 12.1 Å². The Morgan fingerprint density at radius 3 is 2.50 bits per heavy atom. The number of aryl methyl sites for hydroxylation is 1. The normalized spacial score (nSPS) is 12.6. The lowest BCUT2D eigenvalue weighted by molar-refractivity contribution is -0.384. The zero-order valence-corrected chi connectivity index (χ0v) is 11.8. The zero-order valence-electron chi connectivity index (χ0n) is 10.9. The van der Waals surface area contributed by atoms with Crippen molar-refractivity contribution in [2.24, 2.45) is 0 Å². The predicted octanol–water partition coefficient (Wildman–Crippen LogP) is 1.36. The summed E-state index contributed by atoms with van der Waals surface area (Å²) in [5.41, 5.74) is 0.672. The van der Waals surface area contributed by atoms with Gasteiger partial charge in [-0.15, -0.1) is 0 Å². The van der Waals surface area contributed by atoms with E-state index in [2.05, 4.69) is 4.72 Å². The molecular weight excluding hydrogens is 282 g/mol. The Bertz CT molecular complexity index is 605. The molecule has 1 rings (SSSR count). The van der Waals surface area contributed by atoms with Gasteiger partial charge in [0.25, 0.3) is 5.69 Å². The number of nitrogens with one attached hydrogen (secondary N) is 1. The van der Waals surface area contributed by atoms with Crippen molar-refractivity contribution in [1.82, 2.24) is 4.72 Å². The molecule has 0 fully saturated rings. The third kappa shape index (κ3) is 5.34. The average Bonchev–Trinajstić information content (AvgIpc) is 2.36. The molecule has 1 atom stereocenters. The summed E-state index contributed by atoms with van der Waals surface area (Å²) in [6.45, 7) is 1.62. The molecule has 1 aromatic carbocycles. The fraction of sp³-hybridized carbons (Fsp3) is 0.417. The zero-order chi connectivity index (χ0) is 15.2. The van der Waals surface area contributed by atoms with Gasteiger partial charge in [-0.25, -0.2) is 13.1 Å². The number of benzene rings is 1. The lowest BCUT2D eigenvalue weighted by Crippen LogP contribution is -2.34. The molecule has 0 saturated heterocycles. The quantitative estimate of drug-likeness (QED) is 0.603. The molecule has 8 heteroatoms. The molecule has 0 aliphatic heterocycles. The third-order valence-corrected chi connectivity index (χ3v) is 4.09. The van der Waals surface area contributed by atoms with Crippen molar-refractivity contribution in [2.45, 2.75) is 25.8 Å². The second-order valence-corrected chi connectivity index (χ2v) is 6.25. The molecule has 0 aromatic heterocycles. The van der Waals surface area contributed by atoms with E-state index in [1.165, 1.54) is 24.3 Å². The number of rotatable bonds is 7. The Kier molecular flexibility index (Phi) is 5.61. The Morgan fingerprint density at radius 1 is 1.40 bits per heavy atom. The van der Waals surface area contributed by atoms with Crippen LogP contribution in [0.2, 0.25) is 0 Å². The fourth-order valence-corrected chi connectivity index (χ4v) is 2.90. The number of nitrogens with zero attached hydrogens (tertiary/aromatic N) is 2. The summed E-state index contributed by atoms with van der Waals surface area (Å²) in [6.07, 6.45) is 0.364. The SMILES string of the molecule is CC(CC#N)NS(=O)(=O)CCc1ccc([N+](=O)[O-])cc1. The Balaban J connectivity index is 2.58. The number of sulfonamides is 1. The molecule has 108 valence electrons. The number of nitriles is 1. The molecule has 1 N–H and O–H groups in total. The monoisotopic (exact) mass is 297 g/mol. The van der Waals surface area contributed by atoms with Crippen LogP contribution >= 0.6 is 0 Å². The van der Waals surface area contributed by atoms with Gasteiger partial charge in [0.2, 0.25) is 10.0 Å². The highest BCUT2D eigenvalue weighted by molar-refractivity contribution is 7.89. The molecule has 0 aliphatic rings. The van der Waals surface area contributed by atoms with Crippen LogP contribution in [0.1, 0.15) is 18.9 Å². The first-order valence-electron chi connectivity index (χ1n) is 5.94. The van der Waals surface area contributed by atoms with E-state index < -0.39 is 21.0 Å². The van der Waals surface area contributed by atoms with Crippen LogP contribution in [-0.2, 0) is 16.4 Å². The lowest BCUT2D eigenvalue weighted by Gasteiger charge is -2.10. The largest absolute Gasteiger partial charge is 0.269 e. The highest BCUT2D eigenvalue weighted by Gasteiger charge is 2.14. The van der Waals surface area contributed by atoms with Crippen molar-refractivity contribution in [2.75, 3.05) is 5.75 Å². The minimum Gasteiger partial charge on any atom is -0.258 e. The molecule has 0 saturated carbocycles. The predicted molar refractivity (Wildman–Crippen MR) is 73.4 cm³/mol. The summed E-state index contributed by atoms with van der Waals surface area (Å²) < 4.78 is 25.9. The van der Waals surface area contributed by atoms with E-state index in [1.807, 2.05) is 6.07 Å². The molecule has 1 aromatic rings. The van der Waals surface area contributed by atoms with E-state index in [1.54, 1.807) is 6.92 Å². The highest BCUT2D eigenvalue weighted by atomic mass is 32.2. The maximum Gasteiger partial charge on any atom is 0.269 e. The molecule has 0 bridgehead atoms. The number of non-ortho nitro benzene ring substituents is 1. The average molecular weight is 297 g/mol. The van der Waals surface area contributed by atoms with E-state index in [0.717, 1.165) is 0 Å². The van der Waals surface area contributed by atoms with Gasteiger partial charge in [0.1, 0.15) is 0 Å². The summed E-state index contributed by atoms with van der Waals surface area (Å²) in [5, 5.41) is 19.0. The summed E-state index contributed by atoms with van der Waals surface area (Å²) in [4.78, 5) is 9.98. The van der Waals surface area contributed by atoms with E-state index in [0.29, 0.717) is 5.56 Å². The Hall–Kier alpha value is -1.98. The molecule has 0 amide bonds. The van der Waals surface area contributed by atoms with Crippen LogP contribution in [0, 0.1) is 21.4 Å². The highest BCUT2D eigenvalue weighted by Crippen LogP contribution is 2.12. The second-order valence-electron chi connectivity index (χ2n) is 4.37. The minimum absolute atomic E-state index is 0.0302. The number of hydrogen-bond donors (Lipinski definition) is 1. The van der Waals surface area contributed by atoms with E-state index in [-0.39, 0.29) is 24.3 Å². The van der Waals surface area contributed by atoms with Crippen molar-refractivity contribution in [1.29, 1.82) is 5.26 Å². The van der Waals surface area contributed by atoms with Gasteiger partial charge in [-0.05, 0) is 18.9 Å². The molecule has 0 radical (unpaired) electrons. The lowest BCUT2D eigenvalue weighted by atomic mass is 10.1. The van der Waals surface area contributed by atoms with E-state index in [4.69, 9.17) is 5.26 Å². The number of nitro benzene ring substituents is 1. The second kappa shape index (κ2) is 6.98. The van der Waals surface area contributed by atoms with Crippen molar-refractivity contribution >= 4 is 15.7 Å². The van der Waals surface area contributed by atoms with Crippen molar-refractivity contribution in [3.63, 3.8) is 0 Å². The first kappa shape index (κ1) is 16.1. The summed E-state index contributed by atoms with van der Waals surface area (Å²) >= 11 is 0. The Morgan fingerprint density at radius 2 is 2.00 bits per heavy atom. The molecule has 0 aliphatic carbocycles. The van der Waals surface area contributed by atoms with Gasteiger partial charge < -0.3 is 0 Å². The maximum absolute atomic E-state index is 11.7. The van der Waals surface area contributed by atoms with E-state index in [9.17, 15) is 18.5 Å². The van der Waals surface area contributed by atoms with Crippen molar-refractivity contribution < 1.29 is 13.3 Å². The molecular formula is C12H15N3O4S. The maximum atomic E-state index is 11.7. The molecule has 7 nitrogen and oxygen atoms in total. The minimum atomic E-state index is -3.46. The van der Waals surface area contributed by atoms with Crippen LogP contribution in [-0.4, -0.2) is 25.1 Å². The van der Waals surface area contributed by atoms with Crippen molar-refractivity contribution in [3.05, 3.63) is 39.9 Å². The molecule has 0 spiro atoms. The molecule has 0 heterocycles. The van der Waals surface area contributed by atoms with Gasteiger partial charge in [0.05, 0.1) is 23.2 Å².